The Kier molecular flexibility index (Phi) is 4.95. The fourth-order valence-electron chi connectivity index (χ4n) is 2.60. The second-order valence-electron chi connectivity index (χ2n) is 5.80. The molecule has 1 amide bonds. The molecule has 0 aliphatic carbocycles. The number of nitrogens with one attached hydrogen (secondary N) is 1. The summed E-state index contributed by atoms with van der Waals surface area (Å²) in [6.45, 7) is 2.17. The van der Waals surface area contributed by atoms with Crippen LogP contribution in [0, 0.1) is 6.92 Å². The van der Waals surface area contributed by atoms with E-state index in [1.54, 1.807) is 18.2 Å². The molecule has 0 spiro atoms. The summed E-state index contributed by atoms with van der Waals surface area (Å²) >= 11 is 0. The van der Waals surface area contributed by atoms with Gasteiger partial charge < -0.3 is 14.8 Å². The van der Waals surface area contributed by atoms with Crippen molar-refractivity contribution in [2.45, 2.75) is 26.0 Å². The van der Waals surface area contributed by atoms with Crippen LogP contribution in [0.2, 0.25) is 0 Å². The number of carbonyl (C=O) groups excluding carboxylic acids is 1. The number of carbonyl (C=O) groups is 1. The van der Waals surface area contributed by atoms with Gasteiger partial charge in [0.1, 0.15) is 11.9 Å². The number of furan rings is 1. The molecule has 0 radical (unpaired) electrons. The zero-order valence-electron chi connectivity index (χ0n) is 13.8. The Labute approximate surface area is 143 Å². The molecule has 130 valence electrons. The number of aliphatic hydroxyl groups is 1. The summed E-state index contributed by atoms with van der Waals surface area (Å²) in [5.41, 5.74) is 1.44. The lowest BCUT2D eigenvalue weighted by molar-refractivity contribution is -0.121. The molecule has 0 aliphatic rings. The summed E-state index contributed by atoms with van der Waals surface area (Å²) in [5.74, 6) is 0.132. The van der Waals surface area contributed by atoms with Crippen LogP contribution in [-0.4, -0.2) is 27.1 Å². The van der Waals surface area contributed by atoms with E-state index < -0.39 is 6.10 Å². The van der Waals surface area contributed by atoms with Crippen molar-refractivity contribution in [2.24, 2.45) is 0 Å². The summed E-state index contributed by atoms with van der Waals surface area (Å²) < 4.78 is 6.49. The maximum Gasteiger partial charge on any atom is 0.261 e. The second-order valence-corrected chi connectivity index (χ2v) is 5.80. The number of amides is 1. The van der Waals surface area contributed by atoms with Gasteiger partial charge >= 0.3 is 0 Å². The fourth-order valence-corrected chi connectivity index (χ4v) is 2.60. The number of para-hydroxylation sites is 1. The first kappa shape index (κ1) is 16.9. The highest BCUT2D eigenvalue weighted by atomic mass is 16.4. The van der Waals surface area contributed by atoms with Gasteiger partial charge in [-0.15, -0.1) is 0 Å². The van der Waals surface area contributed by atoms with Crippen molar-refractivity contribution in [1.29, 1.82) is 0 Å². The molecule has 0 bridgehead atoms. The molecule has 1 unspecified atom stereocenters. The third-order valence-electron chi connectivity index (χ3n) is 4.00. The molecule has 7 heteroatoms. The fraction of sp³-hybridized carbons (Fsp3) is 0.278. The maximum absolute atomic E-state index is 12.5. The predicted octanol–water partition coefficient (Wildman–Crippen LogP) is 1.54. The highest BCUT2D eigenvalue weighted by molar-refractivity contribution is 5.80. The lowest BCUT2D eigenvalue weighted by Gasteiger charge is -2.10. The average molecular weight is 341 g/mol. The highest BCUT2D eigenvalue weighted by Gasteiger charge is 2.12. The van der Waals surface area contributed by atoms with Gasteiger partial charge in [0, 0.05) is 13.0 Å². The van der Waals surface area contributed by atoms with E-state index in [4.69, 9.17) is 4.42 Å². The normalized spacial score (nSPS) is 12.2. The topological polar surface area (TPSA) is 97.4 Å². The largest absolute Gasteiger partial charge is 0.467 e. The molecule has 25 heavy (non-hydrogen) atoms. The summed E-state index contributed by atoms with van der Waals surface area (Å²) in [5, 5.41) is 13.0. The Morgan fingerprint density at radius 1 is 1.36 bits per heavy atom. The van der Waals surface area contributed by atoms with E-state index in [1.807, 2.05) is 19.1 Å². The molecule has 0 saturated carbocycles. The first-order valence-electron chi connectivity index (χ1n) is 7.99. The Bertz CT molecular complexity index is 931. The minimum Gasteiger partial charge on any atom is -0.467 e. The van der Waals surface area contributed by atoms with Gasteiger partial charge in [-0.25, -0.2) is 4.98 Å². The van der Waals surface area contributed by atoms with Crippen molar-refractivity contribution < 1.29 is 14.3 Å². The van der Waals surface area contributed by atoms with Crippen molar-refractivity contribution in [3.63, 3.8) is 0 Å². The zero-order chi connectivity index (χ0) is 17.8. The SMILES string of the molecule is Cc1cccc2c(=O)n(CCC(=O)NCC(O)c3ccco3)cnc12. The van der Waals surface area contributed by atoms with Gasteiger partial charge in [0.15, 0.2) is 0 Å². The maximum atomic E-state index is 12.5. The molecule has 2 N–H and O–H groups in total. The number of aromatic nitrogens is 2. The lowest BCUT2D eigenvalue weighted by Crippen LogP contribution is -2.30. The van der Waals surface area contributed by atoms with Crippen LogP contribution in [0.5, 0.6) is 0 Å². The number of rotatable bonds is 6. The van der Waals surface area contributed by atoms with E-state index in [2.05, 4.69) is 10.3 Å². The minimum absolute atomic E-state index is 0.0520. The molecule has 1 aromatic carbocycles. The number of hydrogen-bond donors (Lipinski definition) is 2. The van der Waals surface area contributed by atoms with E-state index in [0.717, 1.165) is 5.56 Å². The summed E-state index contributed by atoms with van der Waals surface area (Å²) in [6, 6.07) is 8.75. The van der Waals surface area contributed by atoms with Crippen LogP contribution in [0.4, 0.5) is 0 Å². The van der Waals surface area contributed by atoms with Gasteiger partial charge in [-0.1, -0.05) is 12.1 Å². The molecular formula is C18H19N3O4. The Hall–Kier alpha value is -2.93. The van der Waals surface area contributed by atoms with E-state index in [0.29, 0.717) is 16.7 Å². The predicted molar refractivity (Wildman–Crippen MR) is 92.0 cm³/mol. The van der Waals surface area contributed by atoms with Crippen molar-refractivity contribution in [3.05, 3.63) is 64.6 Å². The van der Waals surface area contributed by atoms with E-state index >= 15 is 0 Å². The van der Waals surface area contributed by atoms with Crippen molar-refractivity contribution in [1.82, 2.24) is 14.9 Å². The van der Waals surface area contributed by atoms with Crippen LogP contribution in [0.3, 0.4) is 0 Å². The van der Waals surface area contributed by atoms with Gasteiger partial charge in [0.05, 0.1) is 30.0 Å². The molecular weight excluding hydrogens is 322 g/mol. The monoisotopic (exact) mass is 341 g/mol. The first-order chi connectivity index (χ1) is 12.1. The number of hydrogen-bond acceptors (Lipinski definition) is 5. The first-order valence-corrected chi connectivity index (χ1v) is 7.99. The van der Waals surface area contributed by atoms with Crippen molar-refractivity contribution in [3.8, 4) is 0 Å². The van der Waals surface area contributed by atoms with Crippen LogP contribution < -0.4 is 10.9 Å². The van der Waals surface area contributed by atoms with Gasteiger partial charge in [-0.3, -0.25) is 14.2 Å². The zero-order valence-corrected chi connectivity index (χ0v) is 13.8. The molecule has 0 saturated heterocycles. The van der Waals surface area contributed by atoms with E-state index in [1.165, 1.54) is 17.2 Å². The summed E-state index contributed by atoms with van der Waals surface area (Å²) in [6.07, 6.45) is 2.14. The number of aliphatic hydroxyl groups excluding tert-OH is 1. The highest BCUT2D eigenvalue weighted by Crippen LogP contribution is 2.12. The van der Waals surface area contributed by atoms with Crippen molar-refractivity contribution in [2.75, 3.05) is 6.54 Å². The number of aryl methyl sites for hydroxylation is 2. The third kappa shape index (κ3) is 3.77. The smallest absolute Gasteiger partial charge is 0.261 e. The summed E-state index contributed by atoms with van der Waals surface area (Å²) in [4.78, 5) is 28.7. The third-order valence-corrected chi connectivity index (χ3v) is 4.00. The van der Waals surface area contributed by atoms with E-state index in [9.17, 15) is 14.7 Å². The van der Waals surface area contributed by atoms with Gasteiger partial charge in [0.25, 0.3) is 5.56 Å². The Morgan fingerprint density at radius 3 is 2.96 bits per heavy atom. The number of nitrogens with zero attached hydrogens (tertiary/aromatic N) is 2. The molecule has 3 rings (SSSR count). The minimum atomic E-state index is -0.896. The number of fused-ring (bicyclic) bond motifs is 1. The quantitative estimate of drug-likeness (QED) is 0.709. The van der Waals surface area contributed by atoms with E-state index in [-0.39, 0.29) is 31.0 Å². The molecule has 7 nitrogen and oxygen atoms in total. The molecule has 0 aliphatic heterocycles. The molecule has 1 atom stereocenters. The lowest BCUT2D eigenvalue weighted by atomic mass is 10.1. The van der Waals surface area contributed by atoms with Gasteiger partial charge in [-0.05, 0) is 30.7 Å². The number of benzene rings is 1. The Balaban J connectivity index is 1.60. The average Bonchev–Trinajstić information content (AvgIpc) is 3.14. The van der Waals surface area contributed by atoms with Crippen LogP contribution >= 0.6 is 0 Å². The standard InChI is InChI=1S/C18H19N3O4/c1-12-4-2-5-13-17(12)20-11-21(18(13)24)8-7-16(23)19-10-14(22)15-6-3-9-25-15/h2-6,9,11,14,22H,7-8,10H2,1H3,(H,19,23). The molecule has 2 heterocycles. The van der Waals surface area contributed by atoms with Crippen LogP contribution in [0.25, 0.3) is 10.9 Å². The van der Waals surface area contributed by atoms with Crippen LogP contribution in [0.1, 0.15) is 23.8 Å². The summed E-state index contributed by atoms with van der Waals surface area (Å²) in [7, 11) is 0. The molecule has 2 aromatic heterocycles. The van der Waals surface area contributed by atoms with Crippen LogP contribution in [-0.2, 0) is 11.3 Å². The van der Waals surface area contributed by atoms with Gasteiger partial charge in [-0.2, -0.15) is 0 Å². The molecule has 3 aromatic rings. The van der Waals surface area contributed by atoms with Crippen molar-refractivity contribution >= 4 is 16.8 Å². The van der Waals surface area contributed by atoms with Gasteiger partial charge in [0.2, 0.25) is 5.91 Å². The van der Waals surface area contributed by atoms with Crippen LogP contribution in [0.15, 0.2) is 52.1 Å². The second kappa shape index (κ2) is 7.31. The Morgan fingerprint density at radius 2 is 2.20 bits per heavy atom. The molecule has 0 fully saturated rings.